The summed E-state index contributed by atoms with van der Waals surface area (Å²) in [5.41, 5.74) is 1.75. The predicted octanol–water partition coefficient (Wildman–Crippen LogP) is 2.44. The zero-order valence-corrected chi connectivity index (χ0v) is 10.3. The molecule has 0 bridgehead atoms. The van der Waals surface area contributed by atoms with Gasteiger partial charge in [0.1, 0.15) is 0 Å². The maximum absolute atomic E-state index is 10.6. The minimum atomic E-state index is -0.944. The van der Waals surface area contributed by atoms with Gasteiger partial charge in [0.15, 0.2) is 0 Å². The number of nitriles is 1. The molecule has 4 heteroatoms. The van der Waals surface area contributed by atoms with E-state index in [0.29, 0.717) is 19.5 Å². The van der Waals surface area contributed by atoms with E-state index in [9.17, 15) is 4.79 Å². The van der Waals surface area contributed by atoms with Gasteiger partial charge in [0.2, 0.25) is 0 Å². The van der Waals surface area contributed by atoms with Gasteiger partial charge in [-0.3, -0.25) is 0 Å². The van der Waals surface area contributed by atoms with Gasteiger partial charge in [-0.15, -0.1) is 0 Å². The molecule has 0 saturated carbocycles. The van der Waals surface area contributed by atoms with Crippen molar-refractivity contribution in [2.75, 3.05) is 18.0 Å². The lowest BCUT2D eigenvalue weighted by Gasteiger charge is -2.24. The van der Waals surface area contributed by atoms with Crippen molar-refractivity contribution < 1.29 is 9.90 Å². The number of rotatable bonds is 6. The van der Waals surface area contributed by atoms with Gasteiger partial charge >= 0.3 is 5.97 Å². The molecule has 1 rings (SSSR count). The highest BCUT2D eigenvalue weighted by Gasteiger charge is 2.07. The molecule has 0 saturated heterocycles. The molecule has 0 spiro atoms. The van der Waals surface area contributed by atoms with Crippen molar-refractivity contribution in [3.8, 4) is 6.07 Å². The van der Waals surface area contributed by atoms with Crippen molar-refractivity contribution in [1.82, 2.24) is 0 Å². The third-order valence-corrected chi connectivity index (χ3v) is 2.43. The van der Waals surface area contributed by atoms with Crippen molar-refractivity contribution in [1.29, 1.82) is 5.26 Å². The smallest absolute Gasteiger partial charge is 0.328 e. The number of nitrogens with zero attached hydrogens (tertiary/aromatic N) is 2. The van der Waals surface area contributed by atoms with Gasteiger partial charge in [-0.25, -0.2) is 4.79 Å². The molecule has 0 heterocycles. The Labute approximate surface area is 107 Å². The van der Waals surface area contributed by atoms with Crippen LogP contribution in [0.5, 0.6) is 0 Å². The first-order valence-electron chi connectivity index (χ1n) is 5.70. The maximum atomic E-state index is 10.6. The van der Waals surface area contributed by atoms with E-state index >= 15 is 0 Å². The van der Waals surface area contributed by atoms with Crippen molar-refractivity contribution in [3.63, 3.8) is 0 Å². The van der Waals surface area contributed by atoms with Crippen LogP contribution in [0.1, 0.15) is 13.3 Å². The minimum Gasteiger partial charge on any atom is -0.478 e. The Hall–Kier alpha value is -2.28. The third-order valence-electron chi connectivity index (χ3n) is 2.43. The first-order chi connectivity index (χ1) is 8.63. The molecule has 0 fully saturated rings. The summed E-state index contributed by atoms with van der Waals surface area (Å²) in [4.78, 5) is 12.6. The second kappa shape index (κ2) is 7.13. The third kappa shape index (κ3) is 4.71. The number of hydrogen-bond donors (Lipinski definition) is 1. The van der Waals surface area contributed by atoms with Crippen molar-refractivity contribution in [2.45, 2.75) is 13.3 Å². The van der Waals surface area contributed by atoms with E-state index in [2.05, 4.69) is 6.07 Å². The standard InChI is InChI=1S/C14H16N2O2/c1-12(10-14(17)18)11-16(9-5-8-15)13-6-3-2-4-7-13/h2-4,6-7,10H,5,9,11H2,1H3,(H,17,18). The number of hydrogen-bond acceptors (Lipinski definition) is 3. The van der Waals surface area contributed by atoms with Crippen LogP contribution < -0.4 is 4.90 Å². The second-order valence-corrected chi connectivity index (χ2v) is 3.99. The Morgan fingerprint density at radius 3 is 2.67 bits per heavy atom. The monoisotopic (exact) mass is 244 g/mol. The van der Waals surface area contributed by atoms with Gasteiger partial charge in [-0.2, -0.15) is 5.26 Å². The Kier molecular flexibility index (Phi) is 5.46. The molecule has 0 aromatic heterocycles. The van der Waals surface area contributed by atoms with Crippen LogP contribution >= 0.6 is 0 Å². The average Bonchev–Trinajstić information content (AvgIpc) is 2.34. The zero-order chi connectivity index (χ0) is 13.4. The molecule has 0 unspecified atom stereocenters. The molecule has 0 atom stereocenters. The fourth-order valence-corrected chi connectivity index (χ4v) is 1.68. The summed E-state index contributed by atoms with van der Waals surface area (Å²) in [5, 5.41) is 17.4. The lowest BCUT2D eigenvalue weighted by Crippen LogP contribution is -2.26. The number of carboxylic acid groups (broad SMARTS) is 1. The Morgan fingerprint density at radius 1 is 1.44 bits per heavy atom. The van der Waals surface area contributed by atoms with E-state index < -0.39 is 5.97 Å². The van der Waals surface area contributed by atoms with E-state index in [1.807, 2.05) is 35.2 Å². The summed E-state index contributed by atoms with van der Waals surface area (Å²) < 4.78 is 0. The lowest BCUT2D eigenvalue weighted by molar-refractivity contribution is -0.131. The summed E-state index contributed by atoms with van der Waals surface area (Å²) in [6, 6.07) is 11.8. The van der Waals surface area contributed by atoms with Crippen LogP contribution in [0.3, 0.4) is 0 Å². The van der Waals surface area contributed by atoms with Crippen LogP contribution in [0.2, 0.25) is 0 Å². The van der Waals surface area contributed by atoms with E-state index in [1.54, 1.807) is 6.92 Å². The van der Waals surface area contributed by atoms with E-state index in [4.69, 9.17) is 10.4 Å². The number of benzene rings is 1. The van der Waals surface area contributed by atoms with Gasteiger partial charge in [-0.1, -0.05) is 18.2 Å². The van der Waals surface area contributed by atoms with Crippen LogP contribution in [0.15, 0.2) is 42.0 Å². The van der Waals surface area contributed by atoms with E-state index in [0.717, 1.165) is 11.3 Å². The minimum absolute atomic E-state index is 0.412. The number of anilines is 1. The summed E-state index contributed by atoms with van der Waals surface area (Å²) >= 11 is 0. The molecule has 18 heavy (non-hydrogen) atoms. The topological polar surface area (TPSA) is 64.3 Å². The number of carbonyl (C=O) groups is 1. The van der Waals surface area contributed by atoms with E-state index in [-0.39, 0.29) is 0 Å². The summed E-state index contributed by atoms with van der Waals surface area (Å²) in [7, 11) is 0. The van der Waals surface area contributed by atoms with Crippen LogP contribution in [0.25, 0.3) is 0 Å². The number of para-hydroxylation sites is 1. The first kappa shape index (κ1) is 13.8. The largest absolute Gasteiger partial charge is 0.478 e. The lowest BCUT2D eigenvalue weighted by atomic mass is 10.2. The molecular weight excluding hydrogens is 228 g/mol. The molecule has 0 aliphatic carbocycles. The van der Waals surface area contributed by atoms with Crippen molar-refractivity contribution in [3.05, 3.63) is 42.0 Å². The Morgan fingerprint density at radius 2 is 2.11 bits per heavy atom. The molecular formula is C14H16N2O2. The molecule has 1 aromatic carbocycles. The molecule has 94 valence electrons. The average molecular weight is 244 g/mol. The van der Waals surface area contributed by atoms with Crippen LogP contribution in [0.4, 0.5) is 5.69 Å². The number of aliphatic carboxylic acids is 1. The molecule has 1 aromatic rings. The van der Waals surface area contributed by atoms with Crippen molar-refractivity contribution in [2.24, 2.45) is 0 Å². The molecule has 0 amide bonds. The summed E-state index contributed by atoms with van der Waals surface area (Å²) in [6.07, 6.45) is 1.61. The normalized spacial score (nSPS) is 10.8. The van der Waals surface area contributed by atoms with Gasteiger partial charge in [0, 0.05) is 24.9 Å². The van der Waals surface area contributed by atoms with Crippen molar-refractivity contribution >= 4 is 11.7 Å². The molecule has 0 aliphatic rings. The van der Waals surface area contributed by atoms with Gasteiger partial charge in [0.05, 0.1) is 12.5 Å². The van der Waals surface area contributed by atoms with Gasteiger partial charge in [0.25, 0.3) is 0 Å². The Bertz CT molecular complexity index is 460. The number of carboxylic acids is 1. The van der Waals surface area contributed by atoms with E-state index in [1.165, 1.54) is 6.08 Å². The fourth-order valence-electron chi connectivity index (χ4n) is 1.68. The summed E-state index contributed by atoms with van der Waals surface area (Å²) in [5.74, 6) is -0.944. The Balaban J connectivity index is 2.80. The molecule has 0 radical (unpaired) electrons. The second-order valence-electron chi connectivity index (χ2n) is 3.99. The molecule has 1 N–H and O–H groups in total. The van der Waals surface area contributed by atoms with Gasteiger partial charge in [-0.05, 0) is 24.6 Å². The predicted molar refractivity (Wildman–Crippen MR) is 70.3 cm³/mol. The van der Waals surface area contributed by atoms with Gasteiger partial charge < -0.3 is 10.0 Å². The maximum Gasteiger partial charge on any atom is 0.328 e. The SMILES string of the molecule is CC(=CC(=O)O)CN(CCC#N)c1ccccc1. The highest BCUT2D eigenvalue weighted by molar-refractivity contribution is 5.80. The zero-order valence-electron chi connectivity index (χ0n) is 10.3. The fraction of sp³-hybridized carbons (Fsp3) is 0.286. The van der Waals surface area contributed by atoms with Crippen LogP contribution in [-0.4, -0.2) is 24.2 Å². The molecule has 0 aliphatic heterocycles. The summed E-state index contributed by atoms with van der Waals surface area (Å²) in [6.45, 7) is 2.87. The quantitative estimate of drug-likeness (QED) is 0.780. The highest BCUT2D eigenvalue weighted by Crippen LogP contribution is 2.15. The highest BCUT2D eigenvalue weighted by atomic mass is 16.4. The molecule has 4 nitrogen and oxygen atoms in total. The van der Waals surface area contributed by atoms with Crippen LogP contribution in [0, 0.1) is 11.3 Å². The first-order valence-corrected chi connectivity index (χ1v) is 5.70. The van der Waals surface area contributed by atoms with Crippen LogP contribution in [-0.2, 0) is 4.79 Å².